The number of phenols is 1. The van der Waals surface area contributed by atoms with Crippen LogP contribution in [0.5, 0.6) is 5.75 Å². The SMILES string of the molecule is COC(=O)c1c(C)oc2c1c(C(c1ccncc1)N1CCCCC1)c(O)c1ccccc12. The first-order valence-electron chi connectivity index (χ1n) is 11.0. The van der Waals surface area contributed by atoms with E-state index in [-0.39, 0.29) is 11.8 Å². The van der Waals surface area contributed by atoms with Crippen LogP contribution in [-0.2, 0) is 4.74 Å². The summed E-state index contributed by atoms with van der Waals surface area (Å²) < 4.78 is 11.3. The van der Waals surface area contributed by atoms with E-state index in [1.807, 2.05) is 36.4 Å². The van der Waals surface area contributed by atoms with Crippen LogP contribution in [0.2, 0.25) is 0 Å². The highest BCUT2D eigenvalue weighted by Gasteiger charge is 2.34. The van der Waals surface area contributed by atoms with Gasteiger partial charge in [0.25, 0.3) is 0 Å². The van der Waals surface area contributed by atoms with Gasteiger partial charge in [0.05, 0.1) is 13.2 Å². The highest BCUT2D eigenvalue weighted by molar-refractivity contribution is 6.16. The van der Waals surface area contributed by atoms with Crippen molar-refractivity contribution in [2.24, 2.45) is 0 Å². The van der Waals surface area contributed by atoms with Crippen LogP contribution in [0.3, 0.4) is 0 Å². The Balaban J connectivity index is 1.91. The molecule has 0 amide bonds. The molecule has 0 aliphatic carbocycles. The van der Waals surface area contributed by atoms with Gasteiger partial charge in [-0.3, -0.25) is 9.88 Å². The number of pyridine rings is 1. The smallest absolute Gasteiger partial charge is 0.342 e. The molecule has 6 heteroatoms. The molecule has 1 fully saturated rings. The Labute approximate surface area is 186 Å². The number of hydrogen-bond acceptors (Lipinski definition) is 6. The van der Waals surface area contributed by atoms with Gasteiger partial charge < -0.3 is 14.3 Å². The van der Waals surface area contributed by atoms with Gasteiger partial charge in [-0.2, -0.15) is 0 Å². The number of aryl methyl sites for hydroxylation is 1. The number of likely N-dealkylation sites (tertiary alicyclic amines) is 1. The molecular formula is C26H26N2O4. The lowest BCUT2D eigenvalue weighted by Gasteiger charge is -2.36. The fourth-order valence-corrected chi connectivity index (χ4v) is 5.04. The van der Waals surface area contributed by atoms with Crippen LogP contribution < -0.4 is 0 Å². The summed E-state index contributed by atoms with van der Waals surface area (Å²) >= 11 is 0. The summed E-state index contributed by atoms with van der Waals surface area (Å²) in [7, 11) is 1.37. The molecule has 5 rings (SSSR count). The van der Waals surface area contributed by atoms with Crippen LogP contribution >= 0.6 is 0 Å². The van der Waals surface area contributed by atoms with E-state index in [4.69, 9.17) is 9.15 Å². The third-order valence-electron chi connectivity index (χ3n) is 6.48. The monoisotopic (exact) mass is 430 g/mol. The van der Waals surface area contributed by atoms with Crippen LogP contribution in [0, 0.1) is 6.92 Å². The van der Waals surface area contributed by atoms with Crippen LogP contribution in [0.1, 0.15) is 52.5 Å². The average molecular weight is 431 g/mol. The lowest BCUT2D eigenvalue weighted by molar-refractivity contribution is 0.0600. The third-order valence-corrected chi connectivity index (χ3v) is 6.48. The minimum atomic E-state index is -0.468. The molecule has 1 unspecified atom stereocenters. The Morgan fingerprint density at radius 1 is 1.09 bits per heavy atom. The standard InChI is InChI=1S/C26H26N2O4/c1-16-20(26(30)31-2)21-22(24(29)18-8-4-5-9-19(18)25(21)32-16)23(17-10-12-27-13-11-17)28-14-6-3-7-15-28/h4-5,8-13,23,29H,3,6-7,14-15H2,1-2H3. The van der Waals surface area contributed by atoms with E-state index in [0.29, 0.717) is 33.2 Å². The number of fused-ring (bicyclic) bond motifs is 3. The molecule has 0 bridgehead atoms. The lowest BCUT2D eigenvalue weighted by Crippen LogP contribution is -2.34. The maximum Gasteiger partial charge on any atom is 0.342 e. The Bertz CT molecular complexity index is 1290. The van der Waals surface area contributed by atoms with Gasteiger partial charge in [-0.05, 0) is 50.6 Å². The molecule has 0 spiro atoms. The molecule has 0 radical (unpaired) electrons. The number of furan rings is 1. The van der Waals surface area contributed by atoms with Crippen LogP contribution in [0.15, 0.2) is 53.2 Å². The number of rotatable bonds is 4. The zero-order chi connectivity index (χ0) is 22.2. The van der Waals surface area contributed by atoms with E-state index in [2.05, 4.69) is 9.88 Å². The number of nitrogens with zero attached hydrogens (tertiary/aromatic N) is 2. The maximum absolute atomic E-state index is 12.9. The fourth-order valence-electron chi connectivity index (χ4n) is 5.04. The normalized spacial score (nSPS) is 15.8. The molecule has 4 aromatic rings. The number of aromatic hydroxyl groups is 1. The van der Waals surface area contributed by atoms with Gasteiger partial charge in [-0.25, -0.2) is 4.79 Å². The third kappa shape index (κ3) is 3.22. The lowest BCUT2D eigenvalue weighted by atomic mass is 9.88. The largest absolute Gasteiger partial charge is 0.507 e. The Morgan fingerprint density at radius 2 is 1.78 bits per heavy atom. The van der Waals surface area contributed by atoms with Crippen molar-refractivity contribution in [1.29, 1.82) is 0 Å². The molecule has 2 aromatic heterocycles. The van der Waals surface area contributed by atoms with E-state index >= 15 is 0 Å². The van der Waals surface area contributed by atoms with Crippen molar-refractivity contribution in [2.75, 3.05) is 20.2 Å². The first kappa shape index (κ1) is 20.5. The number of aromatic nitrogens is 1. The first-order chi connectivity index (χ1) is 15.6. The summed E-state index contributed by atoms with van der Waals surface area (Å²) in [6.07, 6.45) is 6.91. The zero-order valence-electron chi connectivity index (χ0n) is 18.3. The van der Waals surface area contributed by atoms with Gasteiger partial charge >= 0.3 is 5.97 Å². The predicted octanol–water partition coefficient (Wildman–Crippen LogP) is 5.36. The topological polar surface area (TPSA) is 75.8 Å². The Hall–Kier alpha value is -3.38. The van der Waals surface area contributed by atoms with Crippen molar-refractivity contribution in [3.63, 3.8) is 0 Å². The van der Waals surface area contributed by atoms with E-state index in [1.54, 1.807) is 19.3 Å². The predicted molar refractivity (Wildman–Crippen MR) is 123 cm³/mol. The number of benzene rings is 2. The van der Waals surface area contributed by atoms with Crippen molar-refractivity contribution in [1.82, 2.24) is 9.88 Å². The summed E-state index contributed by atoms with van der Waals surface area (Å²) in [6, 6.07) is 11.3. The molecule has 1 N–H and O–H groups in total. The van der Waals surface area contributed by atoms with Crippen molar-refractivity contribution in [3.05, 3.63) is 71.2 Å². The molecule has 164 valence electrons. The van der Waals surface area contributed by atoms with Crippen molar-refractivity contribution < 1.29 is 19.1 Å². The molecule has 1 aliphatic rings. The second-order valence-electron chi connectivity index (χ2n) is 8.32. The van der Waals surface area contributed by atoms with E-state index < -0.39 is 5.97 Å². The zero-order valence-corrected chi connectivity index (χ0v) is 18.3. The summed E-state index contributed by atoms with van der Waals surface area (Å²) in [5.74, 6) is 0.187. The summed E-state index contributed by atoms with van der Waals surface area (Å²) in [4.78, 5) is 19.4. The molecule has 6 nitrogen and oxygen atoms in total. The fraction of sp³-hybridized carbons (Fsp3) is 0.308. The van der Waals surface area contributed by atoms with Crippen LogP contribution in [0.4, 0.5) is 0 Å². The van der Waals surface area contributed by atoms with Crippen LogP contribution in [0.25, 0.3) is 21.7 Å². The quantitative estimate of drug-likeness (QED) is 0.440. The second kappa shape index (κ2) is 8.28. The number of piperidine rings is 1. The van der Waals surface area contributed by atoms with Crippen LogP contribution in [-0.4, -0.2) is 41.2 Å². The molecule has 1 saturated heterocycles. The van der Waals surface area contributed by atoms with E-state index in [0.717, 1.165) is 36.9 Å². The molecule has 2 aromatic carbocycles. The maximum atomic E-state index is 12.9. The summed E-state index contributed by atoms with van der Waals surface area (Å²) in [6.45, 7) is 3.58. The van der Waals surface area contributed by atoms with Crippen molar-refractivity contribution in [2.45, 2.75) is 32.2 Å². The highest BCUT2D eigenvalue weighted by atomic mass is 16.5. The second-order valence-corrected chi connectivity index (χ2v) is 8.32. The minimum absolute atomic E-state index is 0.173. The van der Waals surface area contributed by atoms with E-state index in [9.17, 15) is 9.90 Å². The summed E-state index contributed by atoms with van der Waals surface area (Å²) in [5.41, 5.74) is 2.67. The van der Waals surface area contributed by atoms with E-state index in [1.165, 1.54) is 13.5 Å². The molecule has 1 aliphatic heterocycles. The number of carbonyl (C=O) groups is 1. The molecular weight excluding hydrogens is 404 g/mol. The van der Waals surface area contributed by atoms with Gasteiger partial charge in [0, 0.05) is 34.1 Å². The number of ether oxygens (including phenoxy) is 1. The minimum Gasteiger partial charge on any atom is -0.507 e. The number of phenolic OH excluding ortho intramolecular Hbond substituents is 1. The van der Waals surface area contributed by atoms with Gasteiger partial charge in [0.2, 0.25) is 0 Å². The number of methoxy groups -OCH3 is 1. The van der Waals surface area contributed by atoms with Gasteiger partial charge in [0.1, 0.15) is 22.7 Å². The first-order valence-corrected chi connectivity index (χ1v) is 11.0. The molecule has 32 heavy (non-hydrogen) atoms. The Kier molecular flexibility index (Phi) is 5.31. The number of hydrogen-bond donors (Lipinski definition) is 1. The number of esters is 1. The van der Waals surface area contributed by atoms with Gasteiger partial charge in [0.15, 0.2) is 0 Å². The Morgan fingerprint density at radius 3 is 2.47 bits per heavy atom. The average Bonchev–Trinajstić information content (AvgIpc) is 3.19. The van der Waals surface area contributed by atoms with Crippen molar-refractivity contribution in [3.8, 4) is 5.75 Å². The number of carbonyl (C=O) groups excluding carboxylic acids is 1. The van der Waals surface area contributed by atoms with Gasteiger partial charge in [-0.15, -0.1) is 0 Å². The van der Waals surface area contributed by atoms with Crippen molar-refractivity contribution >= 4 is 27.7 Å². The molecule has 0 saturated carbocycles. The highest BCUT2D eigenvalue weighted by Crippen LogP contribution is 2.47. The summed E-state index contributed by atoms with van der Waals surface area (Å²) in [5, 5.41) is 13.8. The molecule has 1 atom stereocenters. The molecule has 3 heterocycles. The van der Waals surface area contributed by atoms with Gasteiger partial charge in [-0.1, -0.05) is 30.7 Å².